The van der Waals surface area contributed by atoms with Gasteiger partial charge in [-0.2, -0.15) is 0 Å². The summed E-state index contributed by atoms with van der Waals surface area (Å²) in [7, 11) is 0. The second-order valence-electron chi connectivity index (χ2n) is 5.36. The molecule has 0 N–H and O–H groups in total. The minimum atomic E-state index is -0.328. The molecule has 108 valence electrons. The number of thioether (sulfide) groups is 1. The zero-order valence-corrected chi connectivity index (χ0v) is 12.9. The van der Waals surface area contributed by atoms with Gasteiger partial charge in [0, 0.05) is 12.3 Å². The van der Waals surface area contributed by atoms with E-state index >= 15 is 0 Å². The monoisotopic (exact) mass is 311 g/mol. The molecule has 0 aromatic rings. The van der Waals surface area contributed by atoms with Crippen molar-refractivity contribution in [2.24, 2.45) is 23.7 Å². The van der Waals surface area contributed by atoms with Crippen molar-refractivity contribution < 1.29 is 14.3 Å². The van der Waals surface area contributed by atoms with E-state index in [9.17, 15) is 9.59 Å². The lowest BCUT2D eigenvalue weighted by Crippen LogP contribution is -2.43. The molecule has 0 spiro atoms. The van der Waals surface area contributed by atoms with E-state index in [1.54, 1.807) is 11.8 Å². The van der Waals surface area contributed by atoms with Gasteiger partial charge in [-0.1, -0.05) is 36.1 Å². The normalized spacial score (nSPS) is 34.9. The van der Waals surface area contributed by atoms with Crippen molar-refractivity contribution in [3.63, 3.8) is 0 Å². The van der Waals surface area contributed by atoms with Crippen LogP contribution in [0, 0.1) is 23.7 Å². The lowest BCUT2D eigenvalue weighted by atomic mass is 9.82. The number of rotatable bonds is 3. The van der Waals surface area contributed by atoms with E-state index in [2.05, 4.69) is 12.2 Å². The summed E-state index contributed by atoms with van der Waals surface area (Å²) in [6, 6.07) is 0. The molecule has 0 aromatic carbocycles. The number of carbonyl (C=O) groups excluding carboxylic acids is 2. The Morgan fingerprint density at radius 3 is 2.70 bits per heavy atom. The van der Waals surface area contributed by atoms with Gasteiger partial charge < -0.3 is 4.74 Å². The van der Waals surface area contributed by atoms with Gasteiger partial charge in [-0.3, -0.25) is 14.5 Å². The third-order valence-corrected chi connectivity index (χ3v) is 5.76. The zero-order valence-electron chi connectivity index (χ0n) is 11.3. The first kappa shape index (κ1) is 14.1. The summed E-state index contributed by atoms with van der Waals surface area (Å²) in [6.07, 6.45) is 5.02. The molecule has 2 fully saturated rings. The number of esters is 1. The van der Waals surface area contributed by atoms with Crippen LogP contribution in [0.25, 0.3) is 0 Å². The molecule has 1 aliphatic heterocycles. The van der Waals surface area contributed by atoms with E-state index < -0.39 is 0 Å². The minimum absolute atomic E-state index is 0.00917. The van der Waals surface area contributed by atoms with Gasteiger partial charge >= 0.3 is 5.97 Å². The molecule has 2 bridgehead atoms. The van der Waals surface area contributed by atoms with Crippen LogP contribution in [0.3, 0.4) is 0 Å². The first-order valence-electron chi connectivity index (χ1n) is 6.96. The van der Waals surface area contributed by atoms with Crippen molar-refractivity contribution in [2.75, 3.05) is 18.9 Å². The quantitative estimate of drug-likeness (QED) is 0.452. The predicted octanol–water partition coefficient (Wildman–Crippen LogP) is 1.85. The second kappa shape index (κ2) is 5.48. The smallest absolute Gasteiger partial charge is 0.310 e. The van der Waals surface area contributed by atoms with Gasteiger partial charge in [0.05, 0.1) is 18.4 Å². The van der Waals surface area contributed by atoms with Gasteiger partial charge in [0.1, 0.15) is 4.32 Å². The first-order chi connectivity index (χ1) is 9.63. The number of amides is 1. The van der Waals surface area contributed by atoms with Gasteiger partial charge in [-0.05, 0) is 25.2 Å². The molecule has 1 heterocycles. The van der Waals surface area contributed by atoms with E-state index in [0.717, 1.165) is 12.2 Å². The molecule has 20 heavy (non-hydrogen) atoms. The fourth-order valence-electron chi connectivity index (χ4n) is 3.49. The van der Waals surface area contributed by atoms with E-state index in [1.807, 2.05) is 0 Å². The Kier molecular flexibility index (Phi) is 3.86. The van der Waals surface area contributed by atoms with Gasteiger partial charge in [0.25, 0.3) is 0 Å². The molecule has 0 aromatic heterocycles. The Balaban J connectivity index is 1.83. The van der Waals surface area contributed by atoms with Crippen LogP contribution in [-0.2, 0) is 14.3 Å². The number of carbonyl (C=O) groups is 2. The summed E-state index contributed by atoms with van der Waals surface area (Å²) in [5.41, 5.74) is 0. The summed E-state index contributed by atoms with van der Waals surface area (Å²) >= 11 is 6.76. The second-order valence-corrected chi connectivity index (χ2v) is 7.08. The average molecular weight is 311 g/mol. The maximum atomic E-state index is 12.8. The number of hydrogen-bond donors (Lipinski definition) is 0. The van der Waals surface area contributed by atoms with Crippen LogP contribution in [0.1, 0.15) is 13.3 Å². The molecule has 4 unspecified atom stereocenters. The number of ether oxygens (including phenoxy) is 1. The van der Waals surface area contributed by atoms with E-state index in [4.69, 9.17) is 17.0 Å². The number of fused-ring (bicyclic) bond motifs is 2. The van der Waals surface area contributed by atoms with E-state index in [0.29, 0.717) is 17.5 Å². The molecule has 4 atom stereocenters. The molecule has 0 radical (unpaired) electrons. The summed E-state index contributed by atoms with van der Waals surface area (Å²) in [5.74, 6) is 0.319. The fraction of sp³-hybridized carbons (Fsp3) is 0.643. The van der Waals surface area contributed by atoms with Crippen molar-refractivity contribution in [2.45, 2.75) is 13.3 Å². The SMILES string of the molecule is CCOC(=O)C1C2C=CC(C2)C1C(=O)N1CCSC1=S. The van der Waals surface area contributed by atoms with Gasteiger partial charge in [-0.15, -0.1) is 0 Å². The van der Waals surface area contributed by atoms with Crippen molar-refractivity contribution in [3.8, 4) is 0 Å². The van der Waals surface area contributed by atoms with E-state index in [-0.39, 0.29) is 35.5 Å². The van der Waals surface area contributed by atoms with E-state index in [1.165, 1.54) is 11.8 Å². The minimum Gasteiger partial charge on any atom is -0.466 e. The first-order valence-corrected chi connectivity index (χ1v) is 8.36. The van der Waals surface area contributed by atoms with Crippen LogP contribution >= 0.6 is 24.0 Å². The number of nitrogens with zero attached hydrogens (tertiary/aromatic N) is 1. The standard InChI is InChI=1S/C14H17NO3S2/c1-2-18-13(17)11-9-4-3-8(7-9)10(11)12(16)15-5-6-20-14(15)19/h3-4,8-11H,2,5-7H2,1H3. The van der Waals surface area contributed by atoms with Crippen molar-refractivity contribution >= 4 is 40.2 Å². The highest BCUT2D eigenvalue weighted by Gasteiger charge is 2.53. The van der Waals surface area contributed by atoms with Crippen LogP contribution in [0.4, 0.5) is 0 Å². The Labute approximate surface area is 127 Å². The third kappa shape index (κ3) is 2.19. The number of allylic oxidation sites excluding steroid dienone is 2. The molecule has 1 amide bonds. The molecule has 3 aliphatic rings. The largest absolute Gasteiger partial charge is 0.466 e. The maximum absolute atomic E-state index is 12.8. The third-order valence-electron chi connectivity index (χ3n) is 4.33. The van der Waals surface area contributed by atoms with Crippen molar-refractivity contribution in [1.82, 2.24) is 4.90 Å². The van der Waals surface area contributed by atoms with Gasteiger partial charge in [-0.25, -0.2) is 0 Å². The summed E-state index contributed by atoms with van der Waals surface area (Å²) in [6.45, 7) is 2.81. The molecule has 6 heteroatoms. The van der Waals surface area contributed by atoms with Gasteiger partial charge in [0.15, 0.2) is 0 Å². The zero-order chi connectivity index (χ0) is 14.3. The summed E-state index contributed by atoms with van der Waals surface area (Å²) < 4.78 is 5.81. The van der Waals surface area contributed by atoms with Gasteiger partial charge in [0.2, 0.25) is 5.91 Å². The highest BCUT2D eigenvalue weighted by atomic mass is 32.2. The number of thiocarbonyl (C=S) groups is 1. The average Bonchev–Trinajstić information content (AvgIpc) is 3.12. The van der Waals surface area contributed by atoms with Crippen LogP contribution in [0.5, 0.6) is 0 Å². The van der Waals surface area contributed by atoms with Crippen molar-refractivity contribution in [1.29, 1.82) is 0 Å². The highest BCUT2D eigenvalue weighted by molar-refractivity contribution is 8.23. The topological polar surface area (TPSA) is 46.6 Å². The molecule has 3 rings (SSSR count). The van der Waals surface area contributed by atoms with Crippen LogP contribution in [0.2, 0.25) is 0 Å². The molecular weight excluding hydrogens is 294 g/mol. The predicted molar refractivity (Wildman–Crippen MR) is 81.1 cm³/mol. The Morgan fingerprint density at radius 1 is 1.40 bits per heavy atom. The number of hydrogen-bond acceptors (Lipinski definition) is 5. The van der Waals surface area contributed by atoms with Crippen LogP contribution in [0.15, 0.2) is 12.2 Å². The van der Waals surface area contributed by atoms with Crippen LogP contribution < -0.4 is 0 Å². The summed E-state index contributed by atoms with van der Waals surface area (Å²) in [4.78, 5) is 26.6. The Morgan fingerprint density at radius 2 is 2.10 bits per heavy atom. The molecule has 1 saturated carbocycles. The lowest BCUT2D eigenvalue weighted by molar-refractivity contribution is -0.154. The highest BCUT2D eigenvalue weighted by Crippen LogP contribution is 2.49. The molecular formula is C14H17NO3S2. The Hall–Kier alpha value is -0.880. The lowest BCUT2D eigenvalue weighted by Gasteiger charge is -2.28. The molecule has 4 nitrogen and oxygen atoms in total. The fourth-order valence-corrected chi connectivity index (χ4v) is 4.71. The Bertz CT molecular complexity index is 491. The van der Waals surface area contributed by atoms with Crippen LogP contribution in [-0.4, -0.2) is 40.0 Å². The molecule has 2 aliphatic carbocycles. The summed E-state index contributed by atoms with van der Waals surface area (Å²) in [5, 5.41) is 0. The molecule has 1 saturated heterocycles. The maximum Gasteiger partial charge on any atom is 0.310 e. The van der Waals surface area contributed by atoms with Crippen molar-refractivity contribution in [3.05, 3.63) is 12.2 Å².